The fourth-order valence-corrected chi connectivity index (χ4v) is 3.20. The van der Waals surface area contributed by atoms with E-state index in [4.69, 9.17) is 0 Å². The van der Waals surface area contributed by atoms with Gasteiger partial charge in [-0.05, 0) is 49.7 Å². The van der Waals surface area contributed by atoms with Gasteiger partial charge in [0, 0.05) is 37.9 Å². The number of hydrogen-bond acceptors (Lipinski definition) is 1. The van der Waals surface area contributed by atoms with E-state index >= 15 is 0 Å². The lowest BCUT2D eigenvalue weighted by atomic mass is 9.82. The molecule has 0 fully saturated rings. The van der Waals surface area contributed by atoms with Gasteiger partial charge in [0.25, 0.3) is 0 Å². The molecule has 22 heavy (non-hydrogen) atoms. The van der Waals surface area contributed by atoms with Gasteiger partial charge in [-0.2, -0.15) is 4.57 Å². The fourth-order valence-electron chi connectivity index (χ4n) is 3.20. The van der Waals surface area contributed by atoms with E-state index in [9.17, 15) is 0 Å². The molecule has 2 heterocycles. The van der Waals surface area contributed by atoms with Crippen LogP contribution >= 0.6 is 0 Å². The first-order chi connectivity index (χ1) is 10.4. The molecular weight excluding hydrogens is 268 g/mol. The summed E-state index contributed by atoms with van der Waals surface area (Å²) in [5, 5.41) is 0. The molecule has 114 valence electrons. The van der Waals surface area contributed by atoms with Gasteiger partial charge in [0.15, 0.2) is 11.9 Å². The number of rotatable bonds is 3. The molecule has 0 saturated carbocycles. The van der Waals surface area contributed by atoms with E-state index < -0.39 is 0 Å². The van der Waals surface area contributed by atoms with Crippen molar-refractivity contribution < 1.29 is 4.57 Å². The summed E-state index contributed by atoms with van der Waals surface area (Å²) in [6.45, 7) is 6.86. The van der Waals surface area contributed by atoms with Crippen molar-refractivity contribution >= 4 is 6.08 Å². The van der Waals surface area contributed by atoms with Crippen LogP contribution in [0.15, 0.2) is 42.7 Å². The summed E-state index contributed by atoms with van der Waals surface area (Å²) in [6.07, 6.45) is 7.54. The molecule has 0 unspecified atom stereocenters. The minimum absolute atomic E-state index is 0.0441. The largest absolute Gasteiger partial charge is 0.383 e. The summed E-state index contributed by atoms with van der Waals surface area (Å²) < 4.78 is 2.34. The molecule has 2 heteroatoms. The van der Waals surface area contributed by atoms with E-state index in [0.717, 1.165) is 6.42 Å². The van der Waals surface area contributed by atoms with Crippen LogP contribution in [0.3, 0.4) is 0 Å². The van der Waals surface area contributed by atoms with Crippen LogP contribution in [-0.2, 0) is 11.8 Å². The maximum absolute atomic E-state index is 2.37. The Morgan fingerprint density at radius 2 is 1.91 bits per heavy atom. The summed E-state index contributed by atoms with van der Waals surface area (Å²) in [5.41, 5.74) is 6.81. The number of benzene rings is 1. The van der Waals surface area contributed by atoms with Crippen molar-refractivity contribution in [1.82, 2.24) is 4.90 Å². The molecule has 1 aromatic carbocycles. The molecular formula is C20H25N2+. The first-order valence-corrected chi connectivity index (χ1v) is 7.98. The van der Waals surface area contributed by atoms with E-state index in [0.29, 0.717) is 0 Å². The number of aromatic nitrogens is 1. The number of aryl methyl sites for hydroxylation is 1. The van der Waals surface area contributed by atoms with Crippen LogP contribution in [0.5, 0.6) is 0 Å². The molecule has 0 atom stereocenters. The third kappa shape index (κ3) is 2.33. The van der Waals surface area contributed by atoms with Gasteiger partial charge in [0.05, 0.1) is 5.41 Å². The second-order valence-corrected chi connectivity index (χ2v) is 6.82. The molecule has 0 spiro atoms. The summed E-state index contributed by atoms with van der Waals surface area (Å²) in [7, 11) is 4.09. The highest BCUT2D eigenvalue weighted by molar-refractivity contribution is 5.54. The molecule has 0 aliphatic carbocycles. The monoisotopic (exact) mass is 293 g/mol. The van der Waals surface area contributed by atoms with Gasteiger partial charge in [-0.15, -0.1) is 0 Å². The van der Waals surface area contributed by atoms with E-state index in [-0.39, 0.29) is 5.41 Å². The lowest BCUT2D eigenvalue weighted by Gasteiger charge is -2.15. The van der Waals surface area contributed by atoms with Crippen molar-refractivity contribution in [3.8, 4) is 5.69 Å². The minimum Gasteiger partial charge on any atom is -0.383 e. The van der Waals surface area contributed by atoms with Crippen molar-refractivity contribution in [2.75, 3.05) is 14.1 Å². The number of pyridine rings is 1. The van der Waals surface area contributed by atoms with Crippen LogP contribution in [0.4, 0.5) is 0 Å². The predicted octanol–water partition coefficient (Wildman–Crippen LogP) is 3.70. The van der Waals surface area contributed by atoms with Gasteiger partial charge in [0.1, 0.15) is 0 Å². The van der Waals surface area contributed by atoms with Crippen LogP contribution in [-0.4, -0.2) is 19.0 Å². The lowest BCUT2D eigenvalue weighted by Crippen LogP contribution is -2.34. The van der Waals surface area contributed by atoms with Gasteiger partial charge < -0.3 is 4.90 Å². The molecule has 2 aromatic rings. The zero-order valence-electron chi connectivity index (χ0n) is 14.2. The van der Waals surface area contributed by atoms with Gasteiger partial charge in [-0.1, -0.05) is 13.0 Å². The number of nitrogens with zero attached hydrogens (tertiary/aromatic N) is 2. The predicted molar refractivity (Wildman–Crippen MR) is 92.2 cm³/mol. The summed E-state index contributed by atoms with van der Waals surface area (Å²) in [6, 6.07) is 11.4. The van der Waals surface area contributed by atoms with Crippen molar-refractivity contribution in [2.45, 2.75) is 32.6 Å². The van der Waals surface area contributed by atoms with Gasteiger partial charge in [0.2, 0.25) is 5.69 Å². The summed E-state index contributed by atoms with van der Waals surface area (Å²) >= 11 is 0. The standard InChI is InChI=1S/C20H25N2/c1-6-15-7-8-18-17(13-15)20(2,3)19-14-16(9-11-21(4)5)10-12-22(18)19/h7-14H,6H2,1-5H3/q+1. The van der Waals surface area contributed by atoms with E-state index in [1.54, 1.807) is 0 Å². The minimum atomic E-state index is 0.0441. The van der Waals surface area contributed by atoms with Crippen LogP contribution in [0.25, 0.3) is 11.8 Å². The summed E-state index contributed by atoms with van der Waals surface area (Å²) in [4.78, 5) is 2.06. The van der Waals surface area contributed by atoms with Gasteiger partial charge in [-0.25, -0.2) is 0 Å². The second-order valence-electron chi connectivity index (χ2n) is 6.82. The van der Waals surface area contributed by atoms with E-state index in [2.05, 4.69) is 79.0 Å². The Kier molecular flexibility index (Phi) is 3.56. The Morgan fingerprint density at radius 3 is 2.59 bits per heavy atom. The van der Waals surface area contributed by atoms with E-state index in [1.807, 2.05) is 14.1 Å². The van der Waals surface area contributed by atoms with Crippen LogP contribution in [0.2, 0.25) is 0 Å². The Morgan fingerprint density at radius 1 is 1.14 bits per heavy atom. The average molecular weight is 293 g/mol. The third-order valence-corrected chi connectivity index (χ3v) is 4.59. The molecule has 0 saturated heterocycles. The van der Waals surface area contributed by atoms with E-state index in [1.165, 1.54) is 28.1 Å². The maximum atomic E-state index is 2.37. The second kappa shape index (κ2) is 5.28. The molecule has 0 amide bonds. The Balaban J connectivity index is 2.11. The summed E-state index contributed by atoms with van der Waals surface area (Å²) in [5.74, 6) is 0. The van der Waals surface area contributed by atoms with Crippen LogP contribution in [0.1, 0.15) is 43.2 Å². The number of hydrogen-bond donors (Lipinski definition) is 0. The molecule has 1 aliphatic rings. The van der Waals surface area contributed by atoms with Crippen molar-refractivity contribution in [3.05, 3.63) is 65.1 Å². The topological polar surface area (TPSA) is 7.12 Å². The third-order valence-electron chi connectivity index (χ3n) is 4.59. The lowest BCUT2D eigenvalue weighted by molar-refractivity contribution is -0.599. The molecule has 3 rings (SSSR count). The van der Waals surface area contributed by atoms with Gasteiger partial charge >= 0.3 is 0 Å². The van der Waals surface area contributed by atoms with Crippen LogP contribution in [0, 0.1) is 0 Å². The first-order valence-electron chi connectivity index (χ1n) is 7.98. The zero-order valence-corrected chi connectivity index (χ0v) is 14.2. The molecule has 0 radical (unpaired) electrons. The van der Waals surface area contributed by atoms with Crippen molar-refractivity contribution in [3.63, 3.8) is 0 Å². The van der Waals surface area contributed by atoms with Gasteiger partial charge in [-0.3, -0.25) is 0 Å². The highest BCUT2D eigenvalue weighted by atomic mass is 15.0. The van der Waals surface area contributed by atoms with Crippen molar-refractivity contribution in [1.29, 1.82) is 0 Å². The highest BCUT2D eigenvalue weighted by Crippen LogP contribution is 2.38. The zero-order chi connectivity index (χ0) is 15.9. The highest BCUT2D eigenvalue weighted by Gasteiger charge is 2.43. The smallest absolute Gasteiger partial charge is 0.215 e. The quantitative estimate of drug-likeness (QED) is 0.783. The Hall–Kier alpha value is -2.09. The molecule has 0 N–H and O–H groups in total. The average Bonchev–Trinajstić information content (AvgIpc) is 2.73. The Labute approximate surface area is 133 Å². The molecule has 1 aliphatic heterocycles. The SMILES string of the molecule is CCc1ccc2c(c1)C(C)(C)c1cc(/C=C/N(C)C)cc[n+]1-2. The molecule has 0 bridgehead atoms. The van der Waals surface area contributed by atoms with Crippen LogP contribution < -0.4 is 4.57 Å². The molecule has 2 nitrogen and oxygen atoms in total. The maximum Gasteiger partial charge on any atom is 0.215 e. The normalized spacial score (nSPS) is 15.0. The Bertz CT molecular complexity index is 739. The number of fused-ring (bicyclic) bond motifs is 3. The first kappa shape index (κ1) is 14.8. The fraction of sp³-hybridized carbons (Fsp3) is 0.350. The molecule has 1 aromatic heterocycles. The van der Waals surface area contributed by atoms with Crippen molar-refractivity contribution in [2.24, 2.45) is 0 Å².